The second-order valence-electron chi connectivity index (χ2n) is 13.8. The Balaban J connectivity index is 0.00000336. The van der Waals surface area contributed by atoms with Crippen molar-refractivity contribution < 1.29 is 25.8 Å². The summed E-state index contributed by atoms with van der Waals surface area (Å²) < 4.78 is 10.9. The fraction of sp³-hybridized carbons (Fsp3) is 0.140. The van der Waals surface area contributed by atoms with E-state index in [-0.39, 0.29) is 26.5 Å². The summed E-state index contributed by atoms with van der Waals surface area (Å²) in [5.74, 6) is 2.14. The van der Waals surface area contributed by atoms with Gasteiger partial charge >= 0.3 is 21.1 Å². The molecule has 5 aromatic heterocycles. The Bertz CT molecular complexity index is 2860. The predicted molar refractivity (Wildman–Crippen MR) is 196 cm³/mol. The Morgan fingerprint density at radius 3 is 2.22 bits per heavy atom. The molecule has 0 spiro atoms. The molecule has 0 fully saturated rings. The molecule has 0 radical (unpaired) electrons. The van der Waals surface area contributed by atoms with E-state index >= 15 is 0 Å². The Hall–Kier alpha value is -5.32. The number of hydrogen-bond donors (Lipinski definition) is 0. The quantitative estimate of drug-likeness (QED) is 0.132. The Morgan fingerprint density at radius 2 is 1.40 bits per heavy atom. The van der Waals surface area contributed by atoms with Gasteiger partial charge in [-0.25, -0.2) is 9.97 Å². The van der Waals surface area contributed by atoms with Crippen LogP contribution in [0.25, 0.3) is 66.3 Å². The van der Waals surface area contributed by atoms with Gasteiger partial charge in [0.2, 0.25) is 0 Å². The van der Waals surface area contributed by atoms with Gasteiger partial charge in [-0.05, 0) is 60.4 Å². The average molecular weight is 829 g/mol. The number of aryl methyl sites for hydroxylation is 3. The summed E-state index contributed by atoms with van der Waals surface area (Å²) >= 11 is 0. The summed E-state index contributed by atoms with van der Waals surface area (Å²) in [6, 6.07) is 34.7. The zero-order valence-electron chi connectivity index (χ0n) is 28.2. The number of fused-ring (bicyclic) bond motifs is 11. The molecule has 0 bridgehead atoms. The fourth-order valence-electron chi connectivity index (χ4n) is 8.23. The van der Waals surface area contributed by atoms with Crippen LogP contribution in [0.3, 0.4) is 0 Å². The summed E-state index contributed by atoms with van der Waals surface area (Å²) in [6.45, 7) is 11.0. The molecular weight excluding hydrogens is 798 g/mol. The van der Waals surface area contributed by atoms with Gasteiger partial charge in [0, 0.05) is 52.1 Å². The molecule has 1 aliphatic rings. The van der Waals surface area contributed by atoms with Crippen molar-refractivity contribution in [2.75, 3.05) is 0 Å². The molecule has 0 N–H and O–H groups in total. The third kappa shape index (κ3) is 4.21. The molecule has 0 aliphatic carbocycles. The topological polar surface area (TPSA) is 57.2 Å². The van der Waals surface area contributed by atoms with Crippen LogP contribution in [0.2, 0.25) is 0 Å². The molecule has 244 valence electrons. The van der Waals surface area contributed by atoms with Gasteiger partial charge in [0.15, 0.2) is 0 Å². The Kier molecular flexibility index (Phi) is 6.66. The van der Waals surface area contributed by atoms with Gasteiger partial charge in [0.1, 0.15) is 11.5 Å². The molecular formula is C43H31N5OPt. The maximum Gasteiger partial charge on any atom is 2.00 e. The first kappa shape index (κ1) is 30.7. The molecule has 0 atom stereocenters. The van der Waals surface area contributed by atoms with Crippen LogP contribution in [-0.2, 0) is 26.5 Å². The summed E-state index contributed by atoms with van der Waals surface area (Å²) in [4.78, 5) is 14.9. The summed E-state index contributed by atoms with van der Waals surface area (Å²) in [5, 5.41) is 5.24. The predicted octanol–water partition coefficient (Wildman–Crippen LogP) is 10.1. The first-order valence-electron chi connectivity index (χ1n) is 16.6. The van der Waals surface area contributed by atoms with E-state index < -0.39 is 0 Å². The van der Waals surface area contributed by atoms with Crippen LogP contribution in [0.1, 0.15) is 41.7 Å². The van der Waals surface area contributed by atoms with Crippen LogP contribution in [0.4, 0.5) is 0 Å². The van der Waals surface area contributed by atoms with Crippen LogP contribution in [0.5, 0.6) is 11.5 Å². The molecule has 0 saturated heterocycles. The fourth-order valence-corrected chi connectivity index (χ4v) is 8.23. The van der Waals surface area contributed by atoms with Gasteiger partial charge in [-0.1, -0.05) is 84.2 Å². The van der Waals surface area contributed by atoms with E-state index in [1.807, 2.05) is 36.7 Å². The van der Waals surface area contributed by atoms with Crippen LogP contribution in [-0.4, -0.2) is 23.9 Å². The molecule has 9 aromatic rings. The monoisotopic (exact) mass is 828 g/mol. The number of nitrogens with zero attached hydrogens (tertiary/aromatic N) is 5. The van der Waals surface area contributed by atoms with Gasteiger partial charge in [0.05, 0.1) is 11.3 Å². The first-order valence-corrected chi connectivity index (χ1v) is 16.6. The van der Waals surface area contributed by atoms with Crippen LogP contribution in [0.15, 0.2) is 97.5 Å². The molecule has 0 amide bonds. The van der Waals surface area contributed by atoms with E-state index in [0.29, 0.717) is 11.5 Å². The summed E-state index contributed by atoms with van der Waals surface area (Å²) in [6.07, 6.45) is 5.80. The van der Waals surface area contributed by atoms with E-state index in [4.69, 9.17) is 19.7 Å². The molecule has 50 heavy (non-hydrogen) atoms. The zero-order valence-corrected chi connectivity index (χ0v) is 30.5. The second-order valence-corrected chi connectivity index (χ2v) is 13.8. The van der Waals surface area contributed by atoms with Gasteiger partial charge in [0.25, 0.3) is 0 Å². The van der Waals surface area contributed by atoms with Crippen molar-refractivity contribution in [3.63, 3.8) is 0 Å². The minimum absolute atomic E-state index is 0. The van der Waals surface area contributed by atoms with E-state index in [0.717, 1.165) is 55.4 Å². The molecule has 1 aliphatic heterocycles. The largest absolute Gasteiger partial charge is 2.00 e. The Labute approximate surface area is 303 Å². The van der Waals surface area contributed by atoms with Crippen molar-refractivity contribution in [1.82, 2.24) is 23.9 Å². The first-order chi connectivity index (χ1) is 23.8. The van der Waals surface area contributed by atoms with E-state index in [1.165, 1.54) is 38.7 Å². The zero-order chi connectivity index (χ0) is 33.2. The van der Waals surface area contributed by atoms with Crippen molar-refractivity contribution >= 4 is 49.3 Å². The normalized spacial score (nSPS) is 13.3. The smallest absolute Gasteiger partial charge is 0.503 e. The minimum atomic E-state index is -0.179. The van der Waals surface area contributed by atoms with Gasteiger partial charge in [-0.3, -0.25) is 4.98 Å². The standard InChI is InChI=1S/C43H31N5O.Pt/c1-24-19-25(2)38(26(3)20-24)36-23-47-40-32(10-7-17-44-40)29-15-13-27(21-33(29)41(47)46-36)49-28-14-16-30-31-9-6-11-34-39(31)48(37(30)22-28)42-35(43(34,4)5)12-8-18-45-42;/h6-20,23H,1-5H3;/q-2;+2. The number of benzene rings is 4. The van der Waals surface area contributed by atoms with Crippen molar-refractivity contribution in [2.24, 2.45) is 0 Å². The molecule has 6 heterocycles. The average Bonchev–Trinajstić information content (AvgIpc) is 3.67. The van der Waals surface area contributed by atoms with E-state index in [2.05, 4.69) is 117 Å². The third-order valence-corrected chi connectivity index (χ3v) is 10.3. The van der Waals surface area contributed by atoms with Crippen molar-refractivity contribution in [1.29, 1.82) is 0 Å². The van der Waals surface area contributed by atoms with E-state index in [1.54, 1.807) is 0 Å². The van der Waals surface area contributed by atoms with Crippen molar-refractivity contribution in [3.8, 4) is 28.6 Å². The SMILES string of the molecule is Cc1cc(C)c(-c2cn3c(n2)c2[c-]c(Oc4[c-]c5c(cc4)c4cccc6c4n5-c4ncccc4C6(C)C)ccc2c2cccnc23)c(C)c1.[Pt+2]. The number of aromatic nitrogens is 5. The molecule has 4 aromatic carbocycles. The maximum absolute atomic E-state index is 6.57. The van der Waals surface area contributed by atoms with Gasteiger partial charge in [-0.15, -0.1) is 29.7 Å². The maximum atomic E-state index is 6.57. The minimum Gasteiger partial charge on any atom is -0.503 e. The van der Waals surface area contributed by atoms with Crippen molar-refractivity contribution in [3.05, 3.63) is 137 Å². The second kappa shape index (κ2) is 10.8. The van der Waals surface area contributed by atoms with Gasteiger partial charge in [-0.2, -0.15) is 6.07 Å². The number of hydrogen-bond acceptors (Lipinski definition) is 4. The van der Waals surface area contributed by atoms with Crippen molar-refractivity contribution in [2.45, 2.75) is 40.0 Å². The van der Waals surface area contributed by atoms with Crippen LogP contribution in [0, 0.1) is 32.9 Å². The number of rotatable bonds is 3. The van der Waals surface area contributed by atoms with Crippen LogP contribution >= 0.6 is 0 Å². The number of pyridine rings is 3. The molecule has 0 unspecified atom stereocenters. The Morgan fingerprint density at radius 1 is 0.700 bits per heavy atom. The molecule has 6 nitrogen and oxygen atoms in total. The number of ether oxygens (including phenoxy) is 1. The number of para-hydroxylation sites is 1. The molecule has 7 heteroatoms. The summed E-state index contributed by atoms with van der Waals surface area (Å²) in [5.41, 5.74) is 11.8. The van der Waals surface area contributed by atoms with Gasteiger partial charge < -0.3 is 13.7 Å². The molecule has 0 saturated carbocycles. The third-order valence-electron chi connectivity index (χ3n) is 10.3. The van der Waals surface area contributed by atoms with Crippen LogP contribution < -0.4 is 4.74 Å². The van der Waals surface area contributed by atoms with E-state index in [9.17, 15) is 0 Å². The molecule has 10 rings (SSSR count). The number of imidazole rings is 1. The summed E-state index contributed by atoms with van der Waals surface area (Å²) in [7, 11) is 0.